The fourth-order valence-corrected chi connectivity index (χ4v) is 3.89. The monoisotopic (exact) mass is 355 g/mol. The van der Waals surface area contributed by atoms with Crippen LogP contribution in [0.4, 0.5) is 0 Å². The molecule has 1 aliphatic carbocycles. The molecule has 1 aliphatic heterocycles. The molecule has 6 heteroatoms. The molecule has 2 aliphatic rings. The van der Waals surface area contributed by atoms with E-state index >= 15 is 0 Å². The fourth-order valence-electron chi connectivity index (χ4n) is 3.89. The highest BCUT2D eigenvalue weighted by Gasteiger charge is 2.25. The Balaban J connectivity index is 1.33. The van der Waals surface area contributed by atoms with E-state index in [-0.39, 0.29) is 18.4 Å². The van der Waals surface area contributed by atoms with Crippen molar-refractivity contribution in [2.45, 2.75) is 57.4 Å². The van der Waals surface area contributed by atoms with Crippen LogP contribution in [-0.4, -0.2) is 22.7 Å². The summed E-state index contributed by atoms with van der Waals surface area (Å²) in [6.07, 6.45) is 7.43. The van der Waals surface area contributed by atoms with Gasteiger partial charge in [-0.2, -0.15) is 4.98 Å². The highest BCUT2D eigenvalue weighted by atomic mass is 16.5. The largest absolute Gasteiger partial charge is 0.493 e. The van der Waals surface area contributed by atoms with Crippen molar-refractivity contribution in [3.8, 4) is 5.75 Å². The summed E-state index contributed by atoms with van der Waals surface area (Å²) < 4.78 is 11.1. The molecule has 2 heterocycles. The lowest BCUT2D eigenvalue weighted by Crippen LogP contribution is -2.32. The van der Waals surface area contributed by atoms with E-state index in [1.54, 1.807) is 0 Å². The first-order chi connectivity index (χ1) is 12.8. The number of fused-ring (bicyclic) bond motifs is 1. The molecule has 26 heavy (non-hydrogen) atoms. The van der Waals surface area contributed by atoms with Crippen LogP contribution in [0.1, 0.15) is 61.7 Å². The van der Waals surface area contributed by atoms with Gasteiger partial charge in [0.05, 0.1) is 13.2 Å². The Morgan fingerprint density at radius 1 is 1.15 bits per heavy atom. The summed E-state index contributed by atoms with van der Waals surface area (Å²) in [5, 5.41) is 7.07. The summed E-state index contributed by atoms with van der Waals surface area (Å²) in [4.78, 5) is 17.1. The fraction of sp³-hybridized carbons (Fsp3) is 0.550. The SMILES string of the molecule is O=C(NCc1nc(C2CCCCC2)no1)[C@@H]1CCOc2ccccc2C1. The highest BCUT2D eigenvalue weighted by Crippen LogP contribution is 2.31. The van der Waals surface area contributed by atoms with E-state index in [1.165, 1.54) is 19.3 Å². The third-order valence-corrected chi connectivity index (χ3v) is 5.40. The maximum absolute atomic E-state index is 12.6. The van der Waals surface area contributed by atoms with Crippen LogP contribution in [0.3, 0.4) is 0 Å². The second kappa shape index (κ2) is 7.89. The number of amides is 1. The van der Waals surface area contributed by atoms with E-state index in [1.807, 2.05) is 24.3 Å². The highest BCUT2D eigenvalue weighted by molar-refractivity contribution is 5.79. The Morgan fingerprint density at radius 3 is 2.88 bits per heavy atom. The molecular weight excluding hydrogens is 330 g/mol. The average Bonchev–Trinajstić information content (AvgIpc) is 3.05. The van der Waals surface area contributed by atoms with Gasteiger partial charge in [-0.05, 0) is 37.3 Å². The maximum Gasteiger partial charge on any atom is 0.246 e. The summed E-state index contributed by atoms with van der Waals surface area (Å²) in [6, 6.07) is 7.92. The van der Waals surface area contributed by atoms with Crippen LogP contribution >= 0.6 is 0 Å². The number of nitrogens with zero attached hydrogens (tertiary/aromatic N) is 2. The first-order valence-corrected chi connectivity index (χ1v) is 9.60. The molecule has 1 N–H and O–H groups in total. The molecule has 1 fully saturated rings. The van der Waals surface area contributed by atoms with Crippen molar-refractivity contribution in [1.82, 2.24) is 15.5 Å². The molecule has 1 aromatic heterocycles. The minimum absolute atomic E-state index is 0.0164. The molecule has 0 radical (unpaired) electrons. The third-order valence-electron chi connectivity index (χ3n) is 5.40. The van der Waals surface area contributed by atoms with E-state index in [0.29, 0.717) is 31.3 Å². The lowest BCUT2D eigenvalue weighted by Gasteiger charge is -2.17. The molecule has 0 bridgehead atoms. The molecule has 1 amide bonds. The molecule has 1 atom stereocenters. The summed E-state index contributed by atoms with van der Waals surface area (Å²) >= 11 is 0. The van der Waals surface area contributed by atoms with Gasteiger partial charge in [-0.25, -0.2) is 0 Å². The first kappa shape index (κ1) is 17.1. The molecular formula is C20H25N3O3. The Hall–Kier alpha value is -2.37. The number of rotatable bonds is 4. The zero-order chi connectivity index (χ0) is 17.8. The second-order valence-corrected chi connectivity index (χ2v) is 7.24. The zero-order valence-corrected chi connectivity index (χ0v) is 14.9. The van der Waals surface area contributed by atoms with Gasteiger partial charge in [0.25, 0.3) is 0 Å². The van der Waals surface area contributed by atoms with E-state index in [0.717, 1.165) is 30.0 Å². The Labute approximate surface area is 153 Å². The van der Waals surface area contributed by atoms with Crippen LogP contribution in [0.2, 0.25) is 0 Å². The Bertz CT molecular complexity index is 752. The van der Waals surface area contributed by atoms with Gasteiger partial charge >= 0.3 is 0 Å². The van der Waals surface area contributed by atoms with Crippen LogP contribution < -0.4 is 10.1 Å². The van der Waals surface area contributed by atoms with E-state index in [9.17, 15) is 4.79 Å². The summed E-state index contributed by atoms with van der Waals surface area (Å²) in [5.41, 5.74) is 1.09. The molecule has 6 nitrogen and oxygen atoms in total. The summed E-state index contributed by atoms with van der Waals surface area (Å²) in [5.74, 6) is 2.50. The number of nitrogens with one attached hydrogen (secondary N) is 1. The maximum atomic E-state index is 12.6. The molecule has 1 saturated carbocycles. The van der Waals surface area contributed by atoms with E-state index in [4.69, 9.17) is 9.26 Å². The third kappa shape index (κ3) is 3.89. The predicted octanol–water partition coefficient (Wildman–Crippen LogP) is 3.37. The molecule has 2 aromatic rings. The number of carbonyl (C=O) groups excluding carboxylic acids is 1. The van der Waals surface area contributed by atoms with E-state index in [2.05, 4.69) is 15.5 Å². The lowest BCUT2D eigenvalue weighted by molar-refractivity contribution is -0.125. The Morgan fingerprint density at radius 2 is 2.00 bits per heavy atom. The van der Waals surface area contributed by atoms with Crippen molar-refractivity contribution in [2.75, 3.05) is 6.61 Å². The molecule has 1 aromatic carbocycles. The molecule has 0 unspecified atom stereocenters. The number of aromatic nitrogens is 2. The summed E-state index contributed by atoms with van der Waals surface area (Å²) in [7, 11) is 0. The molecule has 4 rings (SSSR count). The van der Waals surface area contributed by atoms with Crippen molar-refractivity contribution in [2.24, 2.45) is 5.92 Å². The number of hydrogen-bond acceptors (Lipinski definition) is 5. The van der Waals surface area contributed by atoms with Gasteiger partial charge in [0.2, 0.25) is 11.8 Å². The van der Waals surface area contributed by atoms with Gasteiger partial charge in [-0.3, -0.25) is 4.79 Å². The molecule has 0 saturated heterocycles. The summed E-state index contributed by atoms with van der Waals surface area (Å²) in [6.45, 7) is 0.846. The predicted molar refractivity (Wildman–Crippen MR) is 95.7 cm³/mol. The number of carbonyl (C=O) groups is 1. The topological polar surface area (TPSA) is 77.3 Å². The average molecular weight is 355 g/mol. The van der Waals surface area contributed by atoms with Crippen molar-refractivity contribution in [3.05, 3.63) is 41.5 Å². The minimum atomic E-state index is -0.0978. The number of para-hydroxylation sites is 1. The normalized spacial score (nSPS) is 20.7. The van der Waals surface area contributed by atoms with Crippen molar-refractivity contribution in [3.63, 3.8) is 0 Å². The van der Waals surface area contributed by atoms with Gasteiger partial charge in [0.15, 0.2) is 5.82 Å². The molecule has 0 spiro atoms. The number of ether oxygens (including phenoxy) is 1. The van der Waals surface area contributed by atoms with Crippen LogP contribution in [0.15, 0.2) is 28.8 Å². The van der Waals surface area contributed by atoms with Gasteiger partial charge in [-0.15, -0.1) is 0 Å². The minimum Gasteiger partial charge on any atom is -0.493 e. The van der Waals surface area contributed by atoms with Gasteiger partial charge in [0, 0.05) is 11.8 Å². The quantitative estimate of drug-likeness (QED) is 0.910. The second-order valence-electron chi connectivity index (χ2n) is 7.24. The smallest absolute Gasteiger partial charge is 0.246 e. The van der Waals surface area contributed by atoms with Crippen molar-refractivity contribution >= 4 is 5.91 Å². The van der Waals surface area contributed by atoms with Crippen molar-refractivity contribution < 1.29 is 14.1 Å². The van der Waals surface area contributed by atoms with Gasteiger partial charge in [-0.1, -0.05) is 42.6 Å². The van der Waals surface area contributed by atoms with Gasteiger partial charge in [0.1, 0.15) is 5.75 Å². The van der Waals surface area contributed by atoms with Gasteiger partial charge < -0.3 is 14.6 Å². The van der Waals surface area contributed by atoms with Crippen LogP contribution in [0.25, 0.3) is 0 Å². The Kier molecular flexibility index (Phi) is 5.18. The van der Waals surface area contributed by atoms with Crippen LogP contribution in [0, 0.1) is 5.92 Å². The van der Waals surface area contributed by atoms with E-state index < -0.39 is 0 Å². The first-order valence-electron chi connectivity index (χ1n) is 9.60. The standard InChI is InChI=1S/C20H25N3O3/c24-20(16-10-11-25-17-9-5-4-8-15(17)12-16)21-13-18-22-19(23-26-18)14-6-2-1-3-7-14/h4-5,8-9,14,16H,1-3,6-7,10-13H2,(H,21,24)/t16-/m1/s1. The van der Waals surface area contributed by atoms with Crippen LogP contribution in [0.5, 0.6) is 5.75 Å². The van der Waals surface area contributed by atoms with Crippen molar-refractivity contribution in [1.29, 1.82) is 0 Å². The number of benzene rings is 1. The van der Waals surface area contributed by atoms with Crippen LogP contribution in [-0.2, 0) is 17.8 Å². The number of hydrogen-bond donors (Lipinski definition) is 1. The lowest BCUT2D eigenvalue weighted by atomic mass is 9.89. The zero-order valence-electron chi connectivity index (χ0n) is 14.9. The molecule has 138 valence electrons.